The topological polar surface area (TPSA) is 0 Å². The van der Waals surface area contributed by atoms with Crippen molar-refractivity contribution in [2.45, 2.75) is 39.0 Å². The van der Waals surface area contributed by atoms with Gasteiger partial charge in [0.15, 0.2) is 0 Å². The molecule has 0 aromatic rings. The first-order valence-corrected chi connectivity index (χ1v) is 5.19. The van der Waals surface area contributed by atoms with Gasteiger partial charge in [0.2, 0.25) is 0 Å². The van der Waals surface area contributed by atoms with E-state index in [0.717, 1.165) is 11.8 Å². The lowest BCUT2D eigenvalue weighted by Gasteiger charge is -2.40. The summed E-state index contributed by atoms with van der Waals surface area (Å²) in [5.74, 6) is 1.75. The minimum Gasteiger partial charge on any atom is -0.0993 e. The smallest absolute Gasteiger partial charge is 0.00356 e. The summed E-state index contributed by atoms with van der Waals surface area (Å²) in [6.07, 6.45) is 9.17. The fourth-order valence-corrected chi connectivity index (χ4v) is 2.65. The van der Waals surface area contributed by atoms with Crippen LogP contribution in [0.3, 0.4) is 0 Å². The predicted octanol–water partition coefficient (Wildman–Crippen LogP) is 3.70. The SMILES string of the molecule is C=C(CC)C1C2=CCCCC1C2. The van der Waals surface area contributed by atoms with Crippen molar-refractivity contribution in [1.82, 2.24) is 0 Å². The highest BCUT2D eigenvalue weighted by Crippen LogP contribution is 2.49. The van der Waals surface area contributed by atoms with Crippen molar-refractivity contribution in [2.75, 3.05) is 0 Å². The van der Waals surface area contributed by atoms with Crippen molar-refractivity contribution in [3.8, 4) is 0 Å². The minimum atomic E-state index is 0.789. The molecule has 0 spiro atoms. The number of allylic oxidation sites excluding steroid dienone is 3. The Labute approximate surface area is 75.4 Å². The number of fused-ring (bicyclic) bond motifs is 3. The van der Waals surface area contributed by atoms with E-state index in [2.05, 4.69) is 19.6 Å². The predicted molar refractivity (Wildman–Crippen MR) is 53.0 cm³/mol. The lowest BCUT2D eigenvalue weighted by atomic mass is 9.65. The first-order chi connectivity index (χ1) is 5.83. The molecule has 2 bridgehead atoms. The van der Waals surface area contributed by atoms with Gasteiger partial charge in [-0.25, -0.2) is 0 Å². The fourth-order valence-electron chi connectivity index (χ4n) is 2.65. The summed E-state index contributed by atoms with van der Waals surface area (Å²) < 4.78 is 0. The van der Waals surface area contributed by atoms with Gasteiger partial charge >= 0.3 is 0 Å². The van der Waals surface area contributed by atoms with Crippen molar-refractivity contribution in [3.05, 3.63) is 23.8 Å². The van der Waals surface area contributed by atoms with Gasteiger partial charge in [0.1, 0.15) is 0 Å². The van der Waals surface area contributed by atoms with E-state index >= 15 is 0 Å². The summed E-state index contributed by atoms with van der Waals surface area (Å²) in [7, 11) is 0. The highest BCUT2D eigenvalue weighted by atomic mass is 14.4. The minimum absolute atomic E-state index is 0.789. The van der Waals surface area contributed by atoms with Crippen LogP contribution >= 0.6 is 0 Å². The van der Waals surface area contributed by atoms with Gasteiger partial charge in [-0.05, 0) is 38.0 Å². The molecule has 1 fully saturated rings. The summed E-state index contributed by atoms with van der Waals surface area (Å²) in [6.45, 7) is 6.41. The van der Waals surface area contributed by atoms with E-state index in [1.54, 1.807) is 5.57 Å². The highest BCUT2D eigenvalue weighted by Gasteiger charge is 2.37. The van der Waals surface area contributed by atoms with Crippen LogP contribution in [0.5, 0.6) is 0 Å². The van der Waals surface area contributed by atoms with E-state index in [0.29, 0.717) is 0 Å². The summed E-state index contributed by atoms with van der Waals surface area (Å²) >= 11 is 0. The average Bonchev–Trinajstić information content (AvgIpc) is 2.37. The molecular weight excluding hydrogens is 144 g/mol. The van der Waals surface area contributed by atoms with Gasteiger partial charge in [-0.3, -0.25) is 0 Å². The molecule has 0 nitrogen and oxygen atoms in total. The largest absolute Gasteiger partial charge is 0.0993 e. The summed E-state index contributed by atoms with van der Waals surface area (Å²) in [5, 5.41) is 0. The van der Waals surface area contributed by atoms with Crippen LogP contribution in [0.4, 0.5) is 0 Å². The Balaban J connectivity index is 2.12. The van der Waals surface area contributed by atoms with Crippen molar-refractivity contribution in [1.29, 1.82) is 0 Å². The van der Waals surface area contributed by atoms with Crippen LogP contribution < -0.4 is 0 Å². The Morgan fingerprint density at radius 1 is 1.67 bits per heavy atom. The molecule has 2 atom stereocenters. The van der Waals surface area contributed by atoms with Crippen LogP contribution in [0.15, 0.2) is 23.8 Å². The standard InChI is InChI=1S/C12H18/c1-3-9(2)12-10-6-4-5-7-11(12)8-10/h6,11-12H,2-5,7-8H2,1H3. The van der Waals surface area contributed by atoms with Crippen molar-refractivity contribution >= 4 is 0 Å². The fraction of sp³-hybridized carbons (Fsp3) is 0.667. The van der Waals surface area contributed by atoms with Crippen molar-refractivity contribution < 1.29 is 0 Å². The molecular formula is C12H18. The maximum atomic E-state index is 4.18. The Morgan fingerprint density at radius 2 is 2.50 bits per heavy atom. The first kappa shape index (κ1) is 8.10. The van der Waals surface area contributed by atoms with E-state index in [1.165, 1.54) is 37.7 Å². The van der Waals surface area contributed by atoms with Crippen LogP contribution in [0.1, 0.15) is 39.0 Å². The highest BCUT2D eigenvalue weighted by molar-refractivity contribution is 5.30. The number of hydrogen-bond acceptors (Lipinski definition) is 0. The second-order valence-corrected chi connectivity index (χ2v) is 4.16. The Kier molecular flexibility index (Phi) is 2.08. The van der Waals surface area contributed by atoms with Gasteiger partial charge in [-0.15, -0.1) is 0 Å². The van der Waals surface area contributed by atoms with Gasteiger partial charge in [-0.1, -0.05) is 30.7 Å². The molecule has 0 heterocycles. The first-order valence-electron chi connectivity index (χ1n) is 5.19. The molecule has 1 saturated carbocycles. The molecule has 0 saturated heterocycles. The van der Waals surface area contributed by atoms with E-state index in [4.69, 9.17) is 0 Å². The second-order valence-electron chi connectivity index (χ2n) is 4.16. The molecule has 2 unspecified atom stereocenters. The zero-order valence-electron chi connectivity index (χ0n) is 7.97. The molecule has 12 heavy (non-hydrogen) atoms. The van der Waals surface area contributed by atoms with Crippen molar-refractivity contribution in [2.24, 2.45) is 11.8 Å². The Morgan fingerprint density at radius 3 is 3.25 bits per heavy atom. The van der Waals surface area contributed by atoms with Crippen LogP contribution in [0.25, 0.3) is 0 Å². The zero-order chi connectivity index (χ0) is 8.55. The molecule has 0 aromatic carbocycles. The second kappa shape index (κ2) is 3.08. The lowest BCUT2D eigenvalue weighted by molar-refractivity contribution is 0.297. The van der Waals surface area contributed by atoms with E-state index in [9.17, 15) is 0 Å². The van der Waals surface area contributed by atoms with Crippen LogP contribution in [-0.4, -0.2) is 0 Å². The molecule has 0 amide bonds. The molecule has 3 rings (SSSR count). The van der Waals surface area contributed by atoms with Gasteiger partial charge in [0, 0.05) is 5.92 Å². The maximum absolute atomic E-state index is 4.18. The maximum Gasteiger partial charge on any atom is 0.00356 e. The van der Waals surface area contributed by atoms with Gasteiger partial charge < -0.3 is 0 Å². The number of rotatable bonds is 2. The third kappa shape index (κ3) is 1.14. The normalized spacial score (nSPS) is 33.2. The van der Waals surface area contributed by atoms with Crippen LogP contribution in [-0.2, 0) is 0 Å². The van der Waals surface area contributed by atoms with E-state index < -0.39 is 0 Å². The third-order valence-electron chi connectivity index (χ3n) is 3.45. The third-order valence-corrected chi connectivity index (χ3v) is 3.45. The Hall–Kier alpha value is -0.520. The van der Waals surface area contributed by atoms with Gasteiger partial charge in [-0.2, -0.15) is 0 Å². The molecule has 0 aromatic heterocycles. The molecule has 0 heteroatoms. The molecule has 3 aliphatic carbocycles. The molecule has 3 aliphatic rings. The zero-order valence-corrected chi connectivity index (χ0v) is 7.97. The summed E-state index contributed by atoms with van der Waals surface area (Å²) in [5.41, 5.74) is 3.17. The summed E-state index contributed by atoms with van der Waals surface area (Å²) in [6, 6.07) is 0. The van der Waals surface area contributed by atoms with E-state index in [-0.39, 0.29) is 0 Å². The number of hydrogen-bond donors (Lipinski definition) is 0. The van der Waals surface area contributed by atoms with E-state index in [1.807, 2.05) is 0 Å². The summed E-state index contributed by atoms with van der Waals surface area (Å²) in [4.78, 5) is 0. The Bertz CT molecular complexity index is 222. The van der Waals surface area contributed by atoms with Gasteiger partial charge in [0.25, 0.3) is 0 Å². The van der Waals surface area contributed by atoms with Crippen LogP contribution in [0.2, 0.25) is 0 Å². The molecule has 0 radical (unpaired) electrons. The molecule has 0 N–H and O–H groups in total. The quantitative estimate of drug-likeness (QED) is 0.543. The monoisotopic (exact) mass is 162 g/mol. The molecule has 0 aliphatic heterocycles. The van der Waals surface area contributed by atoms with Crippen LogP contribution in [0, 0.1) is 11.8 Å². The van der Waals surface area contributed by atoms with Crippen molar-refractivity contribution in [3.63, 3.8) is 0 Å². The average molecular weight is 162 g/mol. The van der Waals surface area contributed by atoms with Gasteiger partial charge in [0.05, 0.1) is 0 Å². The lowest BCUT2D eigenvalue weighted by Crippen LogP contribution is -2.29. The molecule has 66 valence electrons.